The van der Waals surface area contributed by atoms with Crippen molar-refractivity contribution in [1.29, 1.82) is 0 Å². The number of hydrogen-bond acceptors (Lipinski definition) is 2. The highest BCUT2D eigenvalue weighted by Gasteiger charge is 2.28. The van der Waals surface area contributed by atoms with Crippen molar-refractivity contribution in [2.75, 3.05) is 19.8 Å². The minimum Gasteiger partial charge on any atom is -0.378 e. The van der Waals surface area contributed by atoms with E-state index in [0.717, 1.165) is 19.4 Å². The molecule has 1 amide bonds. The molecule has 1 aliphatic rings. The standard InChI is InChI=1S/C9H16FNO2/c1-7-8(3-2-6-13-7)9(12)11-5-4-10/h7-8H,2-6H2,1H3,(H,11,12). The average Bonchev–Trinajstić information content (AvgIpc) is 2.15. The van der Waals surface area contributed by atoms with Crippen LogP contribution in [0.5, 0.6) is 0 Å². The summed E-state index contributed by atoms with van der Waals surface area (Å²) in [6.07, 6.45) is 1.73. The molecule has 0 aromatic carbocycles. The van der Waals surface area contributed by atoms with Crippen molar-refractivity contribution in [2.45, 2.75) is 25.9 Å². The van der Waals surface area contributed by atoms with Crippen LogP contribution in [0.1, 0.15) is 19.8 Å². The summed E-state index contributed by atoms with van der Waals surface area (Å²) in [5.41, 5.74) is 0. The Bertz CT molecular complexity index is 175. The molecule has 4 heteroatoms. The summed E-state index contributed by atoms with van der Waals surface area (Å²) < 4.78 is 17.1. The van der Waals surface area contributed by atoms with Crippen molar-refractivity contribution in [3.8, 4) is 0 Å². The van der Waals surface area contributed by atoms with Crippen molar-refractivity contribution in [3.63, 3.8) is 0 Å². The molecule has 1 aliphatic heterocycles. The first-order valence-electron chi connectivity index (χ1n) is 4.71. The Labute approximate surface area is 77.6 Å². The number of alkyl halides is 1. The number of amides is 1. The zero-order chi connectivity index (χ0) is 9.68. The molecule has 0 aromatic heterocycles. The quantitative estimate of drug-likeness (QED) is 0.716. The highest BCUT2D eigenvalue weighted by Crippen LogP contribution is 2.20. The smallest absolute Gasteiger partial charge is 0.225 e. The Morgan fingerprint density at radius 1 is 1.69 bits per heavy atom. The fraction of sp³-hybridized carbons (Fsp3) is 0.889. The lowest BCUT2D eigenvalue weighted by Gasteiger charge is -2.27. The summed E-state index contributed by atoms with van der Waals surface area (Å²) in [5.74, 6) is -0.176. The van der Waals surface area contributed by atoms with Crippen LogP contribution in [0.2, 0.25) is 0 Å². The Hall–Kier alpha value is -0.640. The molecule has 1 N–H and O–H groups in total. The van der Waals surface area contributed by atoms with Crippen LogP contribution in [-0.2, 0) is 9.53 Å². The van der Waals surface area contributed by atoms with E-state index in [0.29, 0.717) is 0 Å². The van der Waals surface area contributed by atoms with Crippen LogP contribution in [0.25, 0.3) is 0 Å². The van der Waals surface area contributed by atoms with Gasteiger partial charge in [-0.05, 0) is 19.8 Å². The summed E-state index contributed by atoms with van der Waals surface area (Å²) >= 11 is 0. The van der Waals surface area contributed by atoms with E-state index in [2.05, 4.69) is 5.32 Å². The maximum atomic E-state index is 11.8. The van der Waals surface area contributed by atoms with Crippen LogP contribution in [0.4, 0.5) is 4.39 Å². The van der Waals surface area contributed by atoms with Crippen LogP contribution in [-0.4, -0.2) is 31.8 Å². The average molecular weight is 189 g/mol. The first kappa shape index (κ1) is 10.4. The van der Waals surface area contributed by atoms with Crippen LogP contribution in [0.3, 0.4) is 0 Å². The third kappa shape index (κ3) is 2.95. The minimum absolute atomic E-state index is 0.0339. The fourth-order valence-electron chi connectivity index (χ4n) is 1.57. The second-order valence-electron chi connectivity index (χ2n) is 3.30. The van der Waals surface area contributed by atoms with Crippen LogP contribution < -0.4 is 5.32 Å². The van der Waals surface area contributed by atoms with Gasteiger partial charge in [-0.25, -0.2) is 4.39 Å². The molecule has 0 spiro atoms. The van der Waals surface area contributed by atoms with E-state index in [1.165, 1.54) is 0 Å². The van der Waals surface area contributed by atoms with Crippen LogP contribution >= 0.6 is 0 Å². The summed E-state index contributed by atoms with van der Waals surface area (Å²) in [7, 11) is 0. The van der Waals surface area contributed by atoms with Crippen molar-refractivity contribution in [3.05, 3.63) is 0 Å². The predicted octanol–water partition coefficient (Wildman–Crippen LogP) is 0.887. The lowest BCUT2D eigenvalue weighted by atomic mass is 9.94. The Balaban J connectivity index is 2.35. The van der Waals surface area contributed by atoms with E-state index in [-0.39, 0.29) is 24.5 Å². The van der Waals surface area contributed by atoms with Crippen molar-refractivity contribution < 1.29 is 13.9 Å². The zero-order valence-electron chi connectivity index (χ0n) is 7.88. The van der Waals surface area contributed by atoms with Gasteiger partial charge in [-0.15, -0.1) is 0 Å². The van der Waals surface area contributed by atoms with Gasteiger partial charge in [0, 0.05) is 13.2 Å². The third-order valence-electron chi connectivity index (χ3n) is 2.34. The maximum Gasteiger partial charge on any atom is 0.225 e. The molecule has 13 heavy (non-hydrogen) atoms. The number of nitrogens with one attached hydrogen (secondary N) is 1. The molecule has 0 aromatic rings. The Morgan fingerprint density at radius 3 is 3.08 bits per heavy atom. The van der Waals surface area contributed by atoms with E-state index in [1.54, 1.807) is 0 Å². The molecule has 1 rings (SSSR count). The molecule has 2 atom stereocenters. The topological polar surface area (TPSA) is 38.3 Å². The van der Waals surface area contributed by atoms with E-state index in [4.69, 9.17) is 4.74 Å². The van der Waals surface area contributed by atoms with E-state index in [9.17, 15) is 9.18 Å². The molecular weight excluding hydrogens is 173 g/mol. The lowest BCUT2D eigenvalue weighted by Crippen LogP contribution is -2.40. The second-order valence-corrected chi connectivity index (χ2v) is 3.30. The molecular formula is C9H16FNO2. The van der Waals surface area contributed by atoms with Crippen LogP contribution in [0, 0.1) is 5.92 Å². The van der Waals surface area contributed by atoms with Gasteiger partial charge in [0.1, 0.15) is 6.67 Å². The van der Waals surface area contributed by atoms with Crippen LogP contribution in [0.15, 0.2) is 0 Å². The van der Waals surface area contributed by atoms with Crippen molar-refractivity contribution >= 4 is 5.91 Å². The van der Waals surface area contributed by atoms with Gasteiger partial charge in [0.15, 0.2) is 0 Å². The largest absolute Gasteiger partial charge is 0.378 e. The monoisotopic (exact) mass is 189 g/mol. The van der Waals surface area contributed by atoms with E-state index < -0.39 is 6.67 Å². The fourth-order valence-corrected chi connectivity index (χ4v) is 1.57. The molecule has 1 fully saturated rings. The Morgan fingerprint density at radius 2 is 2.46 bits per heavy atom. The predicted molar refractivity (Wildman–Crippen MR) is 47.1 cm³/mol. The second kappa shape index (κ2) is 5.17. The van der Waals surface area contributed by atoms with Gasteiger partial charge < -0.3 is 10.1 Å². The Kier molecular flexibility index (Phi) is 4.15. The van der Waals surface area contributed by atoms with E-state index in [1.807, 2.05) is 6.92 Å². The SMILES string of the molecule is CC1OCCCC1C(=O)NCCF. The molecule has 3 nitrogen and oxygen atoms in total. The molecule has 2 unspecified atom stereocenters. The molecule has 76 valence electrons. The van der Waals surface area contributed by atoms with Crippen molar-refractivity contribution in [1.82, 2.24) is 5.32 Å². The summed E-state index contributed by atoms with van der Waals surface area (Å²) in [6.45, 7) is 2.22. The zero-order valence-corrected chi connectivity index (χ0v) is 7.88. The summed E-state index contributed by atoms with van der Waals surface area (Å²) in [6, 6.07) is 0. The molecule has 0 aliphatic carbocycles. The molecule has 1 saturated heterocycles. The van der Waals surface area contributed by atoms with Gasteiger partial charge >= 0.3 is 0 Å². The van der Waals surface area contributed by atoms with Gasteiger partial charge in [-0.2, -0.15) is 0 Å². The molecule has 0 radical (unpaired) electrons. The first-order chi connectivity index (χ1) is 6.25. The number of rotatable bonds is 3. The van der Waals surface area contributed by atoms with Gasteiger partial charge in [0.2, 0.25) is 5.91 Å². The van der Waals surface area contributed by atoms with Gasteiger partial charge in [-0.1, -0.05) is 0 Å². The summed E-state index contributed by atoms with van der Waals surface area (Å²) in [5, 5.41) is 2.54. The number of hydrogen-bond donors (Lipinski definition) is 1. The number of halogens is 1. The molecule has 0 saturated carbocycles. The summed E-state index contributed by atoms with van der Waals surface area (Å²) in [4.78, 5) is 11.4. The van der Waals surface area contributed by atoms with Gasteiger partial charge in [0.05, 0.1) is 12.0 Å². The first-order valence-corrected chi connectivity index (χ1v) is 4.71. The normalized spacial score (nSPS) is 28.5. The molecule has 1 heterocycles. The third-order valence-corrected chi connectivity index (χ3v) is 2.34. The maximum absolute atomic E-state index is 11.8. The number of ether oxygens (including phenoxy) is 1. The lowest BCUT2D eigenvalue weighted by molar-refractivity contribution is -0.133. The number of carbonyl (C=O) groups excluding carboxylic acids is 1. The van der Waals surface area contributed by atoms with Gasteiger partial charge in [0.25, 0.3) is 0 Å². The highest BCUT2D eigenvalue weighted by molar-refractivity contribution is 5.79. The van der Waals surface area contributed by atoms with E-state index >= 15 is 0 Å². The minimum atomic E-state index is -0.506. The number of carbonyl (C=O) groups is 1. The van der Waals surface area contributed by atoms with Crippen molar-refractivity contribution in [2.24, 2.45) is 5.92 Å². The van der Waals surface area contributed by atoms with Gasteiger partial charge in [-0.3, -0.25) is 4.79 Å². The highest BCUT2D eigenvalue weighted by atomic mass is 19.1. The molecule has 0 bridgehead atoms.